The molecular weight excluding hydrogens is 477 g/mol. The molecular formula is C27H26FN5O4. The third kappa shape index (κ3) is 3.75. The highest BCUT2D eigenvalue weighted by atomic mass is 19.1. The second kappa shape index (κ2) is 8.43. The van der Waals surface area contributed by atoms with Gasteiger partial charge in [-0.05, 0) is 54.7 Å². The van der Waals surface area contributed by atoms with Gasteiger partial charge < -0.3 is 15.0 Å². The van der Waals surface area contributed by atoms with E-state index < -0.39 is 35.7 Å². The number of nitrogens with zero attached hydrogens (tertiary/aromatic N) is 4. The third-order valence-corrected chi connectivity index (χ3v) is 7.54. The zero-order chi connectivity index (χ0) is 25.9. The Balaban J connectivity index is 1.23. The Morgan fingerprint density at radius 2 is 2.03 bits per heavy atom. The molecule has 3 aromatic rings. The van der Waals surface area contributed by atoms with Gasteiger partial charge in [0, 0.05) is 30.9 Å². The number of carbonyl (C=O) groups is 3. The number of urea groups is 1. The van der Waals surface area contributed by atoms with Gasteiger partial charge in [0.25, 0.3) is 5.91 Å². The van der Waals surface area contributed by atoms with Crippen LogP contribution in [0, 0.1) is 5.82 Å². The Kier molecular flexibility index (Phi) is 5.29. The standard InChI is InChI=1S/C27H26FN5O4/c1-16-15-37-23-6-4-21(28)10-19(23)13-32(16)24(34)14-33-25(35)27(30-26(33)36)8-7-18-9-17(3-5-22(18)27)20-11-29-31(2)12-20/h3-6,9-12,16H,7-8,13-15H2,1-2H3,(H,30,36)/t16-,27-/m1/s1. The van der Waals surface area contributed by atoms with E-state index in [0.29, 0.717) is 24.2 Å². The Bertz CT molecular complexity index is 1450. The van der Waals surface area contributed by atoms with Gasteiger partial charge in [-0.2, -0.15) is 5.10 Å². The molecule has 3 aliphatic rings. The SMILES string of the molecule is C[C@@H]1COc2ccc(F)cc2CN1C(=O)CN1C(=O)N[C@@]2(CCc3cc(-c4cnn(C)c4)ccc32)C1=O. The first kappa shape index (κ1) is 23.2. The zero-order valence-corrected chi connectivity index (χ0v) is 20.5. The maximum absolute atomic E-state index is 13.8. The lowest BCUT2D eigenvalue weighted by atomic mass is 9.90. The van der Waals surface area contributed by atoms with Gasteiger partial charge in [0.15, 0.2) is 0 Å². The van der Waals surface area contributed by atoms with Gasteiger partial charge in [0.2, 0.25) is 5.91 Å². The number of aryl methyl sites for hydroxylation is 2. The Morgan fingerprint density at radius 1 is 1.19 bits per heavy atom. The Morgan fingerprint density at radius 3 is 2.81 bits per heavy atom. The summed E-state index contributed by atoms with van der Waals surface area (Å²) in [4.78, 5) is 42.5. The average molecular weight is 504 g/mol. The number of nitrogens with one attached hydrogen (secondary N) is 1. The van der Waals surface area contributed by atoms with Gasteiger partial charge in [0.1, 0.15) is 30.3 Å². The van der Waals surface area contributed by atoms with E-state index >= 15 is 0 Å². The predicted octanol–water partition coefficient (Wildman–Crippen LogP) is 2.73. The first-order valence-electron chi connectivity index (χ1n) is 12.2. The molecule has 1 N–H and O–H groups in total. The molecule has 1 fully saturated rings. The van der Waals surface area contributed by atoms with E-state index in [0.717, 1.165) is 27.2 Å². The minimum atomic E-state index is -1.18. The summed E-state index contributed by atoms with van der Waals surface area (Å²) >= 11 is 0. The summed E-state index contributed by atoms with van der Waals surface area (Å²) in [6, 6.07) is 9.12. The molecule has 1 aliphatic carbocycles. The molecule has 2 aromatic carbocycles. The molecule has 3 heterocycles. The summed E-state index contributed by atoms with van der Waals surface area (Å²) in [7, 11) is 1.85. The van der Waals surface area contributed by atoms with Crippen molar-refractivity contribution in [2.75, 3.05) is 13.2 Å². The molecule has 9 nitrogen and oxygen atoms in total. The zero-order valence-electron chi connectivity index (χ0n) is 20.5. The molecule has 0 unspecified atom stereocenters. The maximum Gasteiger partial charge on any atom is 0.325 e. The smallest absolute Gasteiger partial charge is 0.325 e. The number of carbonyl (C=O) groups excluding carboxylic acids is 3. The fourth-order valence-corrected chi connectivity index (χ4v) is 5.56. The molecule has 0 saturated carbocycles. The van der Waals surface area contributed by atoms with Crippen molar-refractivity contribution in [2.45, 2.75) is 37.9 Å². The Labute approximate surface area is 212 Å². The molecule has 1 spiro atoms. The van der Waals surface area contributed by atoms with Crippen molar-refractivity contribution >= 4 is 17.8 Å². The van der Waals surface area contributed by atoms with E-state index in [9.17, 15) is 18.8 Å². The van der Waals surface area contributed by atoms with Crippen LogP contribution in [-0.2, 0) is 35.1 Å². The fourth-order valence-electron chi connectivity index (χ4n) is 5.56. The summed E-state index contributed by atoms with van der Waals surface area (Å²) in [6.07, 6.45) is 4.75. The highest BCUT2D eigenvalue weighted by Crippen LogP contribution is 2.42. The second-order valence-electron chi connectivity index (χ2n) is 9.94. The normalized spacial score (nSPS) is 22.5. The van der Waals surface area contributed by atoms with Crippen molar-refractivity contribution < 1.29 is 23.5 Å². The van der Waals surface area contributed by atoms with E-state index in [-0.39, 0.29) is 19.2 Å². The quantitative estimate of drug-likeness (QED) is 0.555. The first-order chi connectivity index (χ1) is 17.7. The van der Waals surface area contributed by atoms with Crippen molar-refractivity contribution in [1.29, 1.82) is 0 Å². The van der Waals surface area contributed by atoms with Crippen LogP contribution in [0.4, 0.5) is 9.18 Å². The van der Waals surface area contributed by atoms with Crippen LogP contribution in [0.5, 0.6) is 5.75 Å². The van der Waals surface area contributed by atoms with Crippen LogP contribution in [0.1, 0.15) is 30.0 Å². The number of amides is 4. The monoisotopic (exact) mass is 503 g/mol. The van der Waals surface area contributed by atoms with E-state index in [1.54, 1.807) is 16.9 Å². The van der Waals surface area contributed by atoms with Crippen LogP contribution in [0.15, 0.2) is 48.8 Å². The molecule has 0 radical (unpaired) electrons. The number of ether oxygens (including phenoxy) is 1. The van der Waals surface area contributed by atoms with Gasteiger partial charge >= 0.3 is 6.03 Å². The lowest BCUT2D eigenvalue weighted by Crippen LogP contribution is -2.47. The molecule has 4 amide bonds. The highest BCUT2D eigenvalue weighted by molar-refractivity contribution is 6.10. The van der Waals surface area contributed by atoms with Gasteiger partial charge in [-0.1, -0.05) is 18.2 Å². The van der Waals surface area contributed by atoms with Gasteiger partial charge in [-0.25, -0.2) is 9.18 Å². The van der Waals surface area contributed by atoms with E-state index in [1.807, 2.05) is 38.4 Å². The number of halogens is 1. The van der Waals surface area contributed by atoms with Crippen molar-refractivity contribution in [2.24, 2.45) is 7.05 Å². The third-order valence-electron chi connectivity index (χ3n) is 7.54. The van der Waals surface area contributed by atoms with E-state index in [4.69, 9.17) is 4.74 Å². The lowest BCUT2D eigenvalue weighted by Gasteiger charge is -2.28. The number of imide groups is 1. The fraction of sp³-hybridized carbons (Fsp3) is 0.333. The van der Waals surface area contributed by atoms with Crippen molar-refractivity contribution in [3.8, 4) is 16.9 Å². The average Bonchev–Trinajstić information content (AvgIpc) is 3.50. The number of benzene rings is 2. The van der Waals surface area contributed by atoms with Crippen molar-refractivity contribution in [1.82, 2.24) is 24.9 Å². The molecule has 190 valence electrons. The minimum absolute atomic E-state index is 0.127. The summed E-state index contributed by atoms with van der Waals surface area (Å²) < 4.78 is 21.3. The van der Waals surface area contributed by atoms with Crippen LogP contribution in [0.3, 0.4) is 0 Å². The summed E-state index contributed by atoms with van der Waals surface area (Å²) in [6.45, 7) is 1.77. The molecule has 6 rings (SSSR count). The number of hydrogen-bond donors (Lipinski definition) is 1. The molecule has 1 saturated heterocycles. The second-order valence-corrected chi connectivity index (χ2v) is 9.94. The number of aromatic nitrogens is 2. The Hall–Kier alpha value is -4.21. The molecule has 2 atom stereocenters. The number of fused-ring (bicyclic) bond motifs is 3. The summed E-state index contributed by atoms with van der Waals surface area (Å²) in [5.74, 6) is -0.736. The molecule has 2 aliphatic heterocycles. The summed E-state index contributed by atoms with van der Waals surface area (Å²) in [5.41, 5.74) is 3.07. The van der Waals surface area contributed by atoms with E-state index in [2.05, 4.69) is 10.4 Å². The molecule has 10 heteroatoms. The van der Waals surface area contributed by atoms with Crippen LogP contribution in [0.25, 0.3) is 11.1 Å². The van der Waals surface area contributed by atoms with Crippen LogP contribution in [-0.4, -0.2) is 56.6 Å². The van der Waals surface area contributed by atoms with Gasteiger partial charge in [0.05, 0.1) is 12.2 Å². The van der Waals surface area contributed by atoms with Gasteiger partial charge in [-0.15, -0.1) is 0 Å². The van der Waals surface area contributed by atoms with Crippen LogP contribution < -0.4 is 10.1 Å². The van der Waals surface area contributed by atoms with Crippen LogP contribution in [0.2, 0.25) is 0 Å². The molecule has 37 heavy (non-hydrogen) atoms. The minimum Gasteiger partial charge on any atom is -0.491 e. The maximum atomic E-state index is 13.8. The summed E-state index contributed by atoms with van der Waals surface area (Å²) in [5, 5.41) is 7.10. The largest absolute Gasteiger partial charge is 0.491 e. The first-order valence-corrected chi connectivity index (χ1v) is 12.2. The number of rotatable bonds is 3. The van der Waals surface area contributed by atoms with Gasteiger partial charge in [-0.3, -0.25) is 19.2 Å². The predicted molar refractivity (Wildman–Crippen MR) is 131 cm³/mol. The van der Waals surface area contributed by atoms with E-state index in [1.165, 1.54) is 17.0 Å². The number of hydrogen-bond acceptors (Lipinski definition) is 5. The molecule has 0 bridgehead atoms. The topological polar surface area (TPSA) is 96.8 Å². The van der Waals surface area contributed by atoms with Crippen LogP contribution >= 0.6 is 0 Å². The lowest BCUT2D eigenvalue weighted by molar-refractivity contribution is -0.140. The molecule has 1 aromatic heterocycles. The van der Waals surface area contributed by atoms with Crippen molar-refractivity contribution in [3.05, 3.63) is 71.3 Å². The highest BCUT2D eigenvalue weighted by Gasteiger charge is 2.55. The van der Waals surface area contributed by atoms with Crippen molar-refractivity contribution in [3.63, 3.8) is 0 Å².